The lowest BCUT2D eigenvalue weighted by Gasteiger charge is -1.98. The van der Waals surface area contributed by atoms with Crippen LogP contribution in [0.15, 0.2) is 0 Å². The molecule has 0 aliphatic carbocycles. The van der Waals surface area contributed by atoms with Gasteiger partial charge in [-0.25, -0.2) is 0 Å². The molecule has 1 N–H and O–H groups in total. The molecule has 0 aliphatic rings. The molecule has 0 aromatic rings. The molecule has 0 atom stereocenters. The molecule has 0 spiro atoms. The van der Waals surface area contributed by atoms with Crippen molar-refractivity contribution in [2.24, 2.45) is 0 Å². The second-order valence-electron chi connectivity index (χ2n) is 2.23. The topological polar surface area (TPSA) is 80.7 Å². The van der Waals surface area contributed by atoms with Crippen LogP contribution in [-0.2, 0) is 14.3 Å². The fourth-order valence-corrected chi connectivity index (χ4v) is 2.48. The van der Waals surface area contributed by atoms with Gasteiger partial charge < -0.3 is 4.18 Å². The van der Waals surface area contributed by atoms with Crippen molar-refractivity contribution in [3.8, 4) is 0 Å². The Morgan fingerprint density at radius 1 is 1.50 bits per heavy atom. The first-order chi connectivity index (χ1) is 6.45. The zero-order chi connectivity index (χ0) is 11.0. The number of carbonyl (C=O) groups is 1. The summed E-state index contributed by atoms with van der Waals surface area (Å²) >= 11 is 1.73. The third-order valence-corrected chi connectivity index (χ3v) is 3.59. The summed E-state index contributed by atoms with van der Waals surface area (Å²) < 4.78 is 33.5. The first-order valence-electron chi connectivity index (χ1n) is 3.87. The highest BCUT2D eigenvalue weighted by atomic mass is 32.2. The Kier molecular flexibility index (Phi) is 7.65. The molecule has 84 valence electrons. The summed E-state index contributed by atoms with van der Waals surface area (Å²) in [4.78, 5) is 10.9. The van der Waals surface area contributed by atoms with Gasteiger partial charge in [-0.05, 0) is 13.3 Å². The van der Waals surface area contributed by atoms with E-state index in [1.807, 2.05) is 0 Å². The standard InChI is InChI=1S/C6H12O5S3/c1-2-11-13-6(7)12-4-3-5-14(8,9)10/h2-5H2,1H3,(H,8,9,10). The minimum atomic E-state index is -3.90. The molecule has 0 radical (unpaired) electrons. The van der Waals surface area contributed by atoms with Crippen LogP contribution in [0.5, 0.6) is 0 Å². The van der Waals surface area contributed by atoms with Gasteiger partial charge in [0, 0.05) is 5.75 Å². The fourth-order valence-electron chi connectivity index (χ4n) is 0.528. The molecule has 0 aliphatic heterocycles. The third kappa shape index (κ3) is 10.3. The summed E-state index contributed by atoms with van der Waals surface area (Å²) in [7, 11) is -3.90. The van der Waals surface area contributed by atoms with Crippen molar-refractivity contribution >= 4 is 38.4 Å². The quantitative estimate of drug-likeness (QED) is 0.443. The second kappa shape index (κ2) is 7.52. The van der Waals surface area contributed by atoms with Gasteiger partial charge >= 0.3 is 0 Å². The van der Waals surface area contributed by atoms with Crippen LogP contribution in [0.25, 0.3) is 0 Å². The number of carbonyl (C=O) groups excluding carboxylic acids is 1. The van der Waals surface area contributed by atoms with Crippen molar-refractivity contribution in [1.82, 2.24) is 0 Å². The van der Waals surface area contributed by atoms with Gasteiger partial charge in [0.1, 0.15) is 0 Å². The highest BCUT2D eigenvalue weighted by Crippen LogP contribution is 2.18. The minimum absolute atomic E-state index is 0.206. The number of thioether (sulfide) groups is 1. The Morgan fingerprint density at radius 2 is 2.14 bits per heavy atom. The van der Waals surface area contributed by atoms with E-state index in [4.69, 9.17) is 8.74 Å². The van der Waals surface area contributed by atoms with Crippen molar-refractivity contribution < 1.29 is 21.9 Å². The maximum Gasteiger partial charge on any atom is 0.272 e. The fraction of sp³-hybridized carbons (Fsp3) is 0.833. The highest BCUT2D eigenvalue weighted by Gasteiger charge is 2.07. The van der Waals surface area contributed by atoms with Crippen LogP contribution in [-0.4, -0.2) is 35.5 Å². The predicted molar refractivity (Wildman–Crippen MR) is 58.1 cm³/mol. The first-order valence-corrected chi connectivity index (χ1v) is 7.20. The zero-order valence-electron chi connectivity index (χ0n) is 7.63. The van der Waals surface area contributed by atoms with E-state index in [0.29, 0.717) is 12.4 Å². The van der Waals surface area contributed by atoms with Crippen LogP contribution >= 0.6 is 23.8 Å². The minimum Gasteiger partial charge on any atom is -0.308 e. The van der Waals surface area contributed by atoms with Crippen molar-refractivity contribution in [2.45, 2.75) is 13.3 Å². The number of hydrogen-bond acceptors (Lipinski definition) is 6. The van der Waals surface area contributed by atoms with E-state index in [2.05, 4.69) is 0 Å². The van der Waals surface area contributed by atoms with E-state index in [9.17, 15) is 13.2 Å². The van der Waals surface area contributed by atoms with Gasteiger partial charge in [0.05, 0.1) is 24.4 Å². The van der Waals surface area contributed by atoms with Crippen molar-refractivity contribution in [3.63, 3.8) is 0 Å². The van der Waals surface area contributed by atoms with Crippen molar-refractivity contribution in [1.29, 1.82) is 0 Å². The Bertz CT molecular complexity index is 261. The smallest absolute Gasteiger partial charge is 0.272 e. The van der Waals surface area contributed by atoms with Crippen LogP contribution in [0, 0.1) is 0 Å². The lowest BCUT2D eigenvalue weighted by Crippen LogP contribution is -2.04. The third-order valence-electron chi connectivity index (χ3n) is 1.01. The van der Waals surface area contributed by atoms with Crippen LogP contribution in [0.3, 0.4) is 0 Å². The highest BCUT2D eigenvalue weighted by molar-refractivity contribution is 8.36. The maximum absolute atomic E-state index is 10.9. The molecule has 0 fully saturated rings. The summed E-state index contributed by atoms with van der Waals surface area (Å²) in [5, 5.41) is 0. The zero-order valence-corrected chi connectivity index (χ0v) is 10.1. The van der Waals surface area contributed by atoms with Gasteiger partial charge in [0.2, 0.25) is 0 Å². The summed E-state index contributed by atoms with van der Waals surface area (Å²) in [5.41, 5.74) is 0. The normalized spacial score (nSPS) is 11.6. The predicted octanol–water partition coefficient (Wildman–Crippen LogP) is 1.80. The van der Waals surface area contributed by atoms with Gasteiger partial charge in [0.15, 0.2) is 0 Å². The molecular weight excluding hydrogens is 248 g/mol. The number of rotatable bonds is 6. The van der Waals surface area contributed by atoms with Crippen molar-refractivity contribution in [2.75, 3.05) is 18.1 Å². The Labute approximate surface area is 91.9 Å². The maximum atomic E-state index is 10.9. The molecule has 14 heavy (non-hydrogen) atoms. The van der Waals surface area contributed by atoms with Crippen LogP contribution in [0.1, 0.15) is 13.3 Å². The Morgan fingerprint density at radius 3 is 2.64 bits per heavy atom. The van der Waals surface area contributed by atoms with Crippen LogP contribution in [0.2, 0.25) is 0 Å². The van der Waals surface area contributed by atoms with Crippen LogP contribution in [0.4, 0.5) is 4.79 Å². The Balaban J connectivity index is 3.41. The molecule has 0 heterocycles. The monoisotopic (exact) mass is 260 g/mol. The average Bonchev–Trinajstić information content (AvgIpc) is 2.07. The summed E-state index contributed by atoms with van der Waals surface area (Å²) in [5.74, 6) is 0.0469. The lowest BCUT2D eigenvalue weighted by atomic mass is 10.6. The molecule has 0 amide bonds. The largest absolute Gasteiger partial charge is 0.308 e. The first kappa shape index (κ1) is 14.2. The van der Waals surface area contributed by atoms with E-state index < -0.39 is 10.1 Å². The SMILES string of the molecule is CCOSC(=O)SCCCS(=O)(=O)O. The summed E-state index contributed by atoms with van der Waals surface area (Å²) in [6, 6.07) is 0. The van der Waals surface area contributed by atoms with Gasteiger partial charge in [-0.3, -0.25) is 9.35 Å². The summed E-state index contributed by atoms with van der Waals surface area (Å²) in [6.07, 6.45) is 0.252. The van der Waals surface area contributed by atoms with Crippen LogP contribution < -0.4 is 0 Å². The number of hydrogen-bond donors (Lipinski definition) is 1. The molecular formula is C6H12O5S3. The van der Waals surface area contributed by atoms with Gasteiger partial charge in [-0.2, -0.15) is 8.42 Å². The van der Waals surface area contributed by atoms with Crippen molar-refractivity contribution in [3.05, 3.63) is 0 Å². The molecule has 0 rings (SSSR count). The van der Waals surface area contributed by atoms with E-state index in [-0.39, 0.29) is 16.6 Å². The van der Waals surface area contributed by atoms with Gasteiger partial charge in [-0.15, -0.1) is 0 Å². The average molecular weight is 260 g/mol. The van der Waals surface area contributed by atoms with E-state index in [1.54, 1.807) is 6.92 Å². The molecule has 0 aromatic carbocycles. The second-order valence-corrected chi connectivity index (χ2v) is 5.90. The van der Waals surface area contributed by atoms with E-state index >= 15 is 0 Å². The van der Waals surface area contributed by atoms with Gasteiger partial charge in [-0.1, -0.05) is 11.8 Å². The van der Waals surface area contributed by atoms with E-state index in [1.165, 1.54) is 0 Å². The summed E-state index contributed by atoms with van der Waals surface area (Å²) in [6.45, 7) is 2.21. The molecule has 5 nitrogen and oxygen atoms in total. The molecule has 8 heteroatoms. The van der Waals surface area contributed by atoms with E-state index in [0.717, 1.165) is 23.8 Å². The molecule has 0 saturated carbocycles. The lowest BCUT2D eigenvalue weighted by molar-refractivity contribution is 0.274. The molecule has 0 saturated heterocycles. The molecule has 0 bridgehead atoms. The van der Waals surface area contributed by atoms with Gasteiger partial charge in [0.25, 0.3) is 14.6 Å². The Hall–Kier alpha value is 0.240. The molecule has 0 unspecified atom stereocenters. The molecule has 0 aromatic heterocycles.